The van der Waals surface area contributed by atoms with Crippen molar-refractivity contribution in [3.63, 3.8) is 0 Å². The standard InChI is InChI=1S/C66H91N3O9/c1-9-67-59(70)34-35-61(72)78-58-43-69(42-54(58)62(73)66(46-19-12-10-13-20-46,47-22-27-50(75-7)28-23-47)48-24-29-51(76-8)30-25-48)60(71)21-14-11-15-40-68-63(74)77-52-36-38-64(5)49(41-52)26-31-53-56-33-32-55(45(4)18-16-17-44(2)3)65(56,6)39-37-57(53)64/h9-10,12-13,19-20,22-30,44-45,52-58,62,73H,1,11,14-18,21,31-43H2,2-8H3,(H,67,70)(H,68,74)/t45?,52?,53?,54?,55-,56?,57?,58?,62?,64+,65-/m1/s1. The van der Waals surface area contributed by atoms with Crippen LogP contribution in [0.3, 0.4) is 0 Å². The zero-order valence-corrected chi connectivity index (χ0v) is 47.9. The zero-order chi connectivity index (χ0) is 55.6. The Labute approximate surface area is 465 Å². The molecule has 78 heavy (non-hydrogen) atoms. The summed E-state index contributed by atoms with van der Waals surface area (Å²) >= 11 is 0. The van der Waals surface area contributed by atoms with Crippen LogP contribution in [0.5, 0.6) is 11.5 Å². The van der Waals surface area contributed by atoms with Gasteiger partial charge in [-0.3, -0.25) is 14.4 Å². The molecule has 12 heteroatoms. The predicted octanol–water partition coefficient (Wildman–Crippen LogP) is 12.5. The number of rotatable bonds is 24. The number of fused-ring (bicyclic) bond motifs is 5. The maximum Gasteiger partial charge on any atom is 0.407 e. The van der Waals surface area contributed by atoms with Crippen LogP contribution >= 0.6 is 0 Å². The van der Waals surface area contributed by atoms with Crippen molar-refractivity contribution >= 4 is 23.9 Å². The second-order valence-electron chi connectivity index (χ2n) is 24.6. The fraction of sp³-hybridized carbons (Fsp3) is 0.606. The molecule has 3 aromatic carbocycles. The average molecular weight is 1070 g/mol. The maximum absolute atomic E-state index is 14.2. The first-order chi connectivity index (χ1) is 37.5. The van der Waals surface area contributed by atoms with Gasteiger partial charge in [0.25, 0.3) is 0 Å². The van der Waals surface area contributed by atoms with Crippen LogP contribution in [0.1, 0.15) is 160 Å². The molecule has 5 aliphatic rings. The van der Waals surface area contributed by atoms with Gasteiger partial charge < -0.3 is 39.6 Å². The maximum atomic E-state index is 14.2. The molecule has 8 rings (SSSR count). The summed E-state index contributed by atoms with van der Waals surface area (Å²) in [5, 5.41) is 18.7. The highest BCUT2D eigenvalue weighted by Crippen LogP contribution is 2.67. The Morgan fingerprint density at radius 3 is 2.10 bits per heavy atom. The van der Waals surface area contributed by atoms with Crippen molar-refractivity contribution in [1.29, 1.82) is 0 Å². The predicted molar refractivity (Wildman–Crippen MR) is 306 cm³/mol. The molecule has 0 bridgehead atoms. The lowest BCUT2D eigenvalue weighted by Gasteiger charge is -2.58. The highest BCUT2D eigenvalue weighted by molar-refractivity contribution is 5.82. The minimum absolute atomic E-state index is 0.0750. The molecule has 4 aliphatic carbocycles. The number of methoxy groups -OCH3 is 2. The fourth-order valence-corrected chi connectivity index (χ4v) is 15.7. The van der Waals surface area contributed by atoms with Crippen molar-refractivity contribution in [1.82, 2.24) is 15.5 Å². The van der Waals surface area contributed by atoms with E-state index in [1.165, 1.54) is 63.1 Å². The first-order valence-corrected chi connectivity index (χ1v) is 29.6. The summed E-state index contributed by atoms with van der Waals surface area (Å²) in [7, 11) is 3.20. The van der Waals surface area contributed by atoms with Crippen LogP contribution in [-0.4, -0.2) is 86.0 Å². The van der Waals surface area contributed by atoms with E-state index in [2.05, 4.69) is 57.9 Å². The van der Waals surface area contributed by atoms with Gasteiger partial charge in [-0.25, -0.2) is 4.79 Å². The van der Waals surface area contributed by atoms with E-state index in [4.69, 9.17) is 18.9 Å². The molecule has 1 aliphatic heterocycles. The summed E-state index contributed by atoms with van der Waals surface area (Å²) in [4.78, 5) is 54.9. The number of ether oxygens (including phenoxy) is 4. The number of nitrogens with one attached hydrogen (secondary N) is 2. The average Bonchev–Trinajstić information content (AvgIpc) is 4.21. The lowest BCUT2D eigenvalue weighted by Crippen LogP contribution is -2.51. The number of aliphatic hydroxyl groups excluding tert-OH is 1. The third kappa shape index (κ3) is 12.7. The van der Waals surface area contributed by atoms with Gasteiger partial charge in [-0.05, 0) is 151 Å². The lowest BCUT2D eigenvalue weighted by molar-refractivity contribution is -0.153. The van der Waals surface area contributed by atoms with Crippen LogP contribution < -0.4 is 20.1 Å². The highest BCUT2D eigenvalue weighted by atomic mass is 16.6. The van der Waals surface area contributed by atoms with Crippen molar-refractivity contribution in [3.05, 3.63) is 120 Å². The van der Waals surface area contributed by atoms with Gasteiger partial charge in [0.05, 0.1) is 38.7 Å². The number of carbonyl (C=O) groups excluding carboxylic acids is 4. The number of likely N-dealkylation sites (tertiary alicyclic amines) is 1. The number of hydrogen-bond acceptors (Lipinski definition) is 9. The summed E-state index contributed by atoms with van der Waals surface area (Å²) in [6.07, 6.45) is 16.6. The van der Waals surface area contributed by atoms with E-state index in [0.717, 1.165) is 65.5 Å². The molecule has 0 spiro atoms. The van der Waals surface area contributed by atoms with E-state index in [1.807, 2.05) is 78.9 Å². The molecule has 4 fully saturated rings. The summed E-state index contributed by atoms with van der Waals surface area (Å²) in [5.74, 6) is 4.18. The van der Waals surface area contributed by atoms with Crippen molar-refractivity contribution in [3.8, 4) is 11.5 Å². The minimum atomic E-state index is -1.23. The van der Waals surface area contributed by atoms with Gasteiger partial charge in [0.1, 0.15) is 23.7 Å². The van der Waals surface area contributed by atoms with Crippen molar-refractivity contribution < 1.29 is 43.2 Å². The van der Waals surface area contributed by atoms with Gasteiger partial charge in [-0.1, -0.05) is 133 Å². The number of allylic oxidation sites excluding steroid dienone is 1. The monoisotopic (exact) mass is 1070 g/mol. The van der Waals surface area contributed by atoms with Crippen molar-refractivity contribution in [2.75, 3.05) is 33.9 Å². The molecule has 3 N–H and O–H groups in total. The van der Waals surface area contributed by atoms with Gasteiger partial charge in [0, 0.05) is 38.3 Å². The number of unbranched alkanes of at least 4 members (excludes halogenated alkanes) is 2. The molecule has 0 aromatic heterocycles. The lowest BCUT2D eigenvalue weighted by atomic mass is 9.47. The third-order valence-electron chi connectivity index (χ3n) is 19.8. The van der Waals surface area contributed by atoms with Crippen LogP contribution in [0.2, 0.25) is 0 Å². The van der Waals surface area contributed by atoms with Crippen LogP contribution in [0.25, 0.3) is 0 Å². The second-order valence-corrected chi connectivity index (χ2v) is 24.6. The number of benzene rings is 3. The Morgan fingerprint density at radius 1 is 0.769 bits per heavy atom. The van der Waals surface area contributed by atoms with Crippen molar-refractivity contribution in [2.24, 2.45) is 52.3 Å². The number of hydrogen-bond donors (Lipinski definition) is 3. The topological polar surface area (TPSA) is 153 Å². The molecule has 3 amide bonds. The summed E-state index contributed by atoms with van der Waals surface area (Å²) in [5.41, 5.74) is 3.27. The van der Waals surface area contributed by atoms with Gasteiger partial charge in [-0.15, -0.1) is 0 Å². The number of aliphatic hydroxyl groups is 1. The fourth-order valence-electron chi connectivity index (χ4n) is 15.7. The summed E-state index contributed by atoms with van der Waals surface area (Å²) < 4.78 is 23.4. The number of amides is 3. The SMILES string of the molecule is C=CNC(=O)CCC(=O)OC1CN(C(=O)CCCCCNC(=O)OC2CC[C@@]3(C)C(=CCC4C3CC[C@@]3(C)C4CC[C@@H]3C(C)CCCC(C)C)C2)CC1C(O)C(c1ccccc1)(c1ccc(OC)cc1)c1ccc(OC)cc1. The van der Waals surface area contributed by atoms with E-state index >= 15 is 0 Å². The first kappa shape index (κ1) is 58.5. The second kappa shape index (κ2) is 26.1. The van der Waals surface area contributed by atoms with E-state index in [9.17, 15) is 24.3 Å². The Morgan fingerprint density at radius 2 is 1.45 bits per heavy atom. The Balaban J connectivity index is 0.864. The number of esters is 1. The van der Waals surface area contributed by atoms with E-state index in [0.29, 0.717) is 48.6 Å². The van der Waals surface area contributed by atoms with Crippen LogP contribution in [-0.2, 0) is 29.3 Å². The van der Waals surface area contributed by atoms with E-state index in [1.54, 1.807) is 19.1 Å². The highest BCUT2D eigenvalue weighted by Gasteiger charge is 2.59. The Bertz CT molecular complexity index is 2480. The summed E-state index contributed by atoms with van der Waals surface area (Å²) in [6, 6.07) is 24.9. The number of carbonyl (C=O) groups is 4. The molecule has 424 valence electrons. The molecule has 3 saturated carbocycles. The quantitative estimate of drug-likeness (QED) is 0.0344. The Hall–Kier alpha value is -5.62. The van der Waals surface area contributed by atoms with E-state index in [-0.39, 0.29) is 61.8 Å². The molecule has 1 saturated heterocycles. The molecule has 11 atom stereocenters. The first-order valence-electron chi connectivity index (χ1n) is 29.6. The number of nitrogens with zero attached hydrogens (tertiary/aromatic N) is 1. The van der Waals surface area contributed by atoms with Gasteiger partial charge >= 0.3 is 12.1 Å². The van der Waals surface area contributed by atoms with Crippen LogP contribution in [0.15, 0.2) is 103 Å². The molecule has 0 radical (unpaired) electrons. The van der Waals surface area contributed by atoms with Crippen molar-refractivity contribution in [2.45, 2.75) is 167 Å². The third-order valence-corrected chi connectivity index (χ3v) is 19.8. The van der Waals surface area contributed by atoms with Crippen LogP contribution in [0, 0.1) is 52.3 Å². The largest absolute Gasteiger partial charge is 0.497 e. The van der Waals surface area contributed by atoms with E-state index < -0.39 is 29.5 Å². The minimum Gasteiger partial charge on any atom is -0.497 e. The summed E-state index contributed by atoms with van der Waals surface area (Å²) in [6.45, 7) is 16.6. The molecule has 12 nitrogen and oxygen atoms in total. The van der Waals surface area contributed by atoms with Gasteiger partial charge in [-0.2, -0.15) is 0 Å². The molecule has 3 aromatic rings. The van der Waals surface area contributed by atoms with Gasteiger partial charge in [0.2, 0.25) is 11.8 Å². The molecule has 8 unspecified atom stereocenters. The normalized spacial score (nSPS) is 27.3. The Kier molecular flexibility index (Phi) is 19.6. The molecular formula is C66H91N3O9. The smallest absolute Gasteiger partial charge is 0.407 e. The number of alkyl carbamates (subject to hydrolysis) is 1. The van der Waals surface area contributed by atoms with Gasteiger partial charge in [0.15, 0.2) is 0 Å². The van der Waals surface area contributed by atoms with Crippen LogP contribution in [0.4, 0.5) is 4.79 Å². The molecular weight excluding hydrogens is 979 g/mol. The zero-order valence-electron chi connectivity index (χ0n) is 47.9. The molecule has 1 heterocycles.